The fraction of sp³-hybridized carbons (Fsp3) is 0.500. The van der Waals surface area contributed by atoms with Crippen molar-refractivity contribution in [2.45, 2.75) is 19.9 Å². The maximum absolute atomic E-state index is 12.4. The topological polar surface area (TPSA) is 58.6 Å². The highest BCUT2D eigenvalue weighted by atomic mass is 16.5. The van der Waals surface area contributed by atoms with Crippen LogP contribution in [0.3, 0.4) is 0 Å². The molecule has 0 saturated carbocycles. The third-order valence-corrected chi connectivity index (χ3v) is 3.58. The van der Waals surface area contributed by atoms with E-state index in [1.54, 1.807) is 0 Å². The average Bonchev–Trinajstić information content (AvgIpc) is 2.48. The molecule has 1 N–H and O–H groups in total. The number of rotatable bonds is 5. The second-order valence-electron chi connectivity index (χ2n) is 5.25. The van der Waals surface area contributed by atoms with Gasteiger partial charge in [-0.15, -0.1) is 0 Å². The smallest absolute Gasteiger partial charge is 0.239 e. The van der Waals surface area contributed by atoms with Crippen LogP contribution in [-0.4, -0.2) is 55.5 Å². The summed E-state index contributed by atoms with van der Waals surface area (Å²) in [6.45, 7) is 6.15. The number of carbonyl (C=O) groups is 2. The lowest BCUT2D eigenvalue weighted by molar-refractivity contribution is -0.131. The Morgan fingerprint density at radius 2 is 2.24 bits per heavy atom. The molecule has 0 bridgehead atoms. The number of morpholine rings is 1. The van der Waals surface area contributed by atoms with Crippen molar-refractivity contribution in [3.05, 3.63) is 35.4 Å². The minimum absolute atomic E-state index is 0.0369. The largest absolute Gasteiger partial charge is 0.378 e. The lowest BCUT2D eigenvalue weighted by Gasteiger charge is -2.33. The number of hydrogen-bond acceptors (Lipinski definition) is 4. The van der Waals surface area contributed by atoms with Crippen LogP contribution in [0.5, 0.6) is 0 Å². The van der Waals surface area contributed by atoms with Gasteiger partial charge in [-0.05, 0) is 19.9 Å². The molecule has 1 fully saturated rings. The summed E-state index contributed by atoms with van der Waals surface area (Å²) in [6.07, 6.45) is 0. The molecule has 2 rings (SSSR count). The van der Waals surface area contributed by atoms with Crippen molar-refractivity contribution in [2.24, 2.45) is 0 Å². The first-order valence-electron chi connectivity index (χ1n) is 7.31. The first-order valence-corrected chi connectivity index (χ1v) is 7.31. The molecule has 1 aromatic rings. The molecule has 1 aliphatic heterocycles. The van der Waals surface area contributed by atoms with Crippen LogP contribution in [-0.2, 0) is 9.53 Å². The molecular formula is C16H22N2O3. The summed E-state index contributed by atoms with van der Waals surface area (Å²) in [7, 11) is 0. The minimum Gasteiger partial charge on any atom is -0.378 e. The molecular weight excluding hydrogens is 268 g/mol. The molecule has 1 aromatic carbocycles. The predicted octanol–water partition coefficient (Wildman–Crippen LogP) is 1.01. The molecule has 1 atom stereocenters. The maximum Gasteiger partial charge on any atom is 0.239 e. The number of benzene rings is 1. The van der Waals surface area contributed by atoms with E-state index in [-0.39, 0.29) is 24.3 Å². The van der Waals surface area contributed by atoms with Gasteiger partial charge in [-0.1, -0.05) is 23.8 Å². The Balaban J connectivity index is 2.05. The van der Waals surface area contributed by atoms with Crippen molar-refractivity contribution in [1.29, 1.82) is 0 Å². The molecule has 114 valence electrons. The third kappa shape index (κ3) is 4.12. The van der Waals surface area contributed by atoms with Crippen LogP contribution in [0.15, 0.2) is 24.3 Å². The highest BCUT2D eigenvalue weighted by molar-refractivity contribution is 5.98. The number of ketones is 1. The molecule has 1 saturated heterocycles. The van der Waals surface area contributed by atoms with E-state index in [1.165, 1.54) is 0 Å². The first kappa shape index (κ1) is 15.7. The van der Waals surface area contributed by atoms with Crippen molar-refractivity contribution in [3.8, 4) is 0 Å². The fourth-order valence-corrected chi connectivity index (χ4v) is 2.46. The van der Waals surface area contributed by atoms with Gasteiger partial charge in [-0.2, -0.15) is 0 Å². The molecule has 1 unspecified atom stereocenters. The van der Waals surface area contributed by atoms with Crippen LogP contribution in [0, 0.1) is 6.92 Å². The van der Waals surface area contributed by atoms with Gasteiger partial charge in [-0.25, -0.2) is 0 Å². The SMILES string of the molecule is CCNC(=O)C1COCCN1CC(=O)c1cccc(C)c1. The number of nitrogens with zero attached hydrogens (tertiary/aromatic N) is 1. The monoisotopic (exact) mass is 290 g/mol. The van der Waals surface area contributed by atoms with E-state index in [2.05, 4.69) is 5.32 Å². The van der Waals surface area contributed by atoms with Crippen molar-refractivity contribution >= 4 is 11.7 Å². The average molecular weight is 290 g/mol. The number of amides is 1. The van der Waals surface area contributed by atoms with Crippen LogP contribution < -0.4 is 5.32 Å². The molecule has 1 heterocycles. The van der Waals surface area contributed by atoms with E-state index in [9.17, 15) is 9.59 Å². The van der Waals surface area contributed by atoms with Crippen molar-refractivity contribution in [2.75, 3.05) is 32.8 Å². The maximum atomic E-state index is 12.4. The van der Waals surface area contributed by atoms with E-state index in [0.29, 0.717) is 31.9 Å². The van der Waals surface area contributed by atoms with Gasteiger partial charge in [0.05, 0.1) is 19.8 Å². The van der Waals surface area contributed by atoms with Gasteiger partial charge < -0.3 is 10.1 Å². The summed E-state index contributed by atoms with van der Waals surface area (Å²) in [6, 6.07) is 7.15. The zero-order chi connectivity index (χ0) is 15.2. The minimum atomic E-state index is -0.382. The molecule has 21 heavy (non-hydrogen) atoms. The Morgan fingerprint density at radius 3 is 2.95 bits per heavy atom. The van der Waals surface area contributed by atoms with Gasteiger partial charge in [0.25, 0.3) is 0 Å². The van der Waals surface area contributed by atoms with E-state index >= 15 is 0 Å². The predicted molar refractivity (Wildman–Crippen MR) is 80.4 cm³/mol. The Kier molecular flexibility index (Phi) is 5.47. The van der Waals surface area contributed by atoms with Crippen LogP contribution in [0.2, 0.25) is 0 Å². The summed E-state index contributed by atoms with van der Waals surface area (Å²) >= 11 is 0. The van der Waals surface area contributed by atoms with Gasteiger partial charge in [0.2, 0.25) is 5.91 Å². The summed E-state index contributed by atoms with van der Waals surface area (Å²) in [4.78, 5) is 26.3. The molecule has 5 nitrogen and oxygen atoms in total. The summed E-state index contributed by atoms with van der Waals surface area (Å²) in [5.74, 6) is -0.0378. The van der Waals surface area contributed by atoms with Crippen molar-refractivity contribution in [3.63, 3.8) is 0 Å². The van der Waals surface area contributed by atoms with Crippen LogP contribution >= 0.6 is 0 Å². The summed E-state index contributed by atoms with van der Waals surface area (Å²) in [5, 5.41) is 2.80. The molecule has 1 aliphatic rings. The van der Waals surface area contributed by atoms with Gasteiger partial charge in [-0.3, -0.25) is 14.5 Å². The molecule has 1 amide bonds. The summed E-state index contributed by atoms with van der Waals surface area (Å²) in [5.41, 5.74) is 1.75. The number of nitrogens with one attached hydrogen (secondary N) is 1. The number of likely N-dealkylation sites (N-methyl/N-ethyl adjacent to an activating group) is 1. The number of aryl methyl sites for hydroxylation is 1. The van der Waals surface area contributed by atoms with Crippen LogP contribution in [0.1, 0.15) is 22.8 Å². The lowest BCUT2D eigenvalue weighted by atomic mass is 10.1. The fourth-order valence-electron chi connectivity index (χ4n) is 2.46. The standard InChI is InChI=1S/C16H22N2O3/c1-3-17-16(20)14-11-21-8-7-18(14)10-15(19)13-6-4-5-12(2)9-13/h4-6,9,14H,3,7-8,10-11H2,1-2H3,(H,17,20). The number of Topliss-reactive ketones (excluding diaryl/α,β-unsaturated/α-hetero) is 1. The van der Waals surface area contributed by atoms with E-state index in [0.717, 1.165) is 5.56 Å². The zero-order valence-electron chi connectivity index (χ0n) is 12.6. The van der Waals surface area contributed by atoms with Gasteiger partial charge in [0, 0.05) is 18.7 Å². The molecule has 0 spiro atoms. The highest BCUT2D eigenvalue weighted by Crippen LogP contribution is 2.11. The van der Waals surface area contributed by atoms with Gasteiger partial charge in [0.15, 0.2) is 5.78 Å². The third-order valence-electron chi connectivity index (χ3n) is 3.58. The van der Waals surface area contributed by atoms with Crippen molar-refractivity contribution in [1.82, 2.24) is 10.2 Å². The highest BCUT2D eigenvalue weighted by Gasteiger charge is 2.30. The molecule has 0 aromatic heterocycles. The van der Waals surface area contributed by atoms with Crippen molar-refractivity contribution < 1.29 is 14.3 Å². The zero-order valence-corrected chi connectivity index (χ0v) is 12.6. The normalized spacial score (nSPS) is 19.2. The summed E-state index contributed by atoms with van der Waals surface area (Å²) < 4.78 is 5.37. The number of carbonyl (C=O) groups excluding carboxylic acids is 2. The van der Waals surface area contributed by atoms with Crippen LogP contribution in [0.25, 0.3) is 0 Å². The lowest BCUT2D eigenvalue weighted by Crippen LogP contribution is -2.55. The van der Waals surface area contributed by atoms with E-state index < -0.39 is 0 Å². The first-order chi connectivity index (χ1) is 10.1. The molecule has 0 aliphatic carbocycles. The quantitative estimate of drug-likeness (QED) is 0.822. The second-order valence-corrected chi connectivity index (χ2v) is 5.25. The van der Waals surface area contributed by atoms with Gasteiger partial charge >= 0.3 is 0 Å². The molecule has 0 radical (unpaired) electrons. The Labute approximate surface area is 125 Å². The van der Waals surface area contributed by atoms with Crippen LogP contribution in [0.4, 0.5) is 0 Å². The van der Waals surface area contributed by atoms with Gasteiger partial charge in [0.1, 0.15) is 6.04 Å². The Morgan fingerprint density at radius 1 is 1.43 bits per heavy atom. The van der Waals surface area contributed by atoms with E-state index in [4.69, 9.17) is 4.74 Å². The van der Waals surface area contributed by atoms with E-state index in [1.807, 2.05) is 43.0 Å². The Bertz CT molecular complexity index is 516. The number of ether oxygens (including phenoxy) is 1. The molecule has 5 heteroatoms. The second kappa shape index (κ2) is 7.33. The number of hydrogen-bond donors (Lipinski definition) is 1. The Hall–Kier alpha value is -1.72.